The number of anilines is 1. The van der Waals surface area contributed by atoms with E-state index in [-0.39, 0.29) is 0 Å². The first kappa shape index (κ1) is 13.7. The Kier molecular flexibility index (Phi) is 5.18. The van der Waals surface area contributed by atoms with Crippen LogP contribution in [0.4, 0.5) is 5.69 Å². The maximum atomic E-state index is 5.60. The molecule has 1 heterocycles. The number of hydrogen-bond acceptors (Lipinski definition) is 5. The van der Waals surface area contributed by atoms with Gasteiger partial charge in [-0.05, 0) is 19.9 Å². The molecule has 17 heavy (non-hydrogen) atoms. The van der Waals surface area contributed by atoms with Crippen LogP contribution in [-0.4, -0.2) is 31.1 Å². The van der Waals surface area contributed by atoms with Crippen LogP contribution in [0.3, 0.4) is 0 Å². The minimum absolute atomic E-state index is 0.538. The van der Waals surface area contributed by atoms with Crippen molar-refractivity contribution in [1.29, 1.82) is 0 Å². The Morgan fingerprint density at radius 1 is 1.35 bits per heavy atom. The van der Waals surface area contributed by atoms with Gasteiger partial charge in [-0.1, -0.05) is 0 Å². The van der Waals surface area contributed by atoms with Gasteiger partial charge in [0.25, 0.3) is 0 Å². The predicted molar refractivity (Wildman–Crippen MR) is 65.8 cm³/mol. The number of rotatable bonds is 7. The zero-order valence-electron chi connectivity index (χ0n) is 10.6. The molecule has 1 aromatic rings. The van der Waals surface area contributed by atoms with Crippen LogP contribution in [0.25, 0.3) is 0 Å². The lowest BCUT2D eigenvalue weighted by Crippen LogP contribution is -2.27. The molecule has 2 N–H and O–H groups in total. The number of ether oxygens (including phenoxy) is 3. The van der Waals surface area contributed by atoms with E-state index in [1.807, 2.05) is 13.8 Å². The van der Waals surface area contributed by atoms with Crippen molar-refractivity contribution in [3.63, 3.8) is 0 Å². The average Bonchev–Trinajstić information content (AvgIpc) is 2.29. The average molecular weight is 240 g/mol. The highest BCUT2D eigenvalue weighted by Crippen LogP contribution is 2.12. The third-order valence-corrected chi connectivity index (χ3v) is 2.24. The smallest absolute Gasteiger partial charge is 0.215 e. The van der Waals surface area contributed by atoms with E-state index < -0.39 is 5.79 Å². The van der Waals surface area contributed by atoms with Crippen molar-refractivity contribution < 1.29 is 14.2 Å². The van der Waals surface area contributed by atoms with Crippen LogP contribution in [0.15, 0.2) is 18.3 Å². The molecule has 0 radical (unpaired) electrons. The lowest BCUT2D eigenvalue weighted by molar-refractivity contribution is -0.197. The van der Waals surface area contributed by atoms with Gasteiger partial charge in [0, 0.05) is 31.5 Å². The zero-order chi connectivity index (χ0) is 12.7. The van der Waals surface area contributed by atoms with Crippen molar-refractivity contribution in [2.24, 2.45) is 0 Å². The van der Waals surface area contributed by atoms with Crippen LogP contribution < -0.4 is 10.5 Å². The monoisotopic (exact) mass is 240 g/mol. The molecule has 0 saturated carbocycles. The Labute approximate surface area is 102 Å². The van der Waals surface area contributed by atoms with Crippen LogP contribution >= 0.6 is 0 Å². The van der Waals surface area contributed by atoms with Gasteiger partial charge in [-0.3, -0.25) is 0 Å². The van der Waals surface area contributed by atoms with Crippen LogP contribution in [0.2, 0.25) is 0 Å². The molecule has 0 bridgehead atoms. The number of nitrogens with zero attached hydrogens (tertiary/aromatic N) is 1. The Balaban J connectivity index is 2.17. The minimum atomic E-state index is -0.546. The molecule has 0 fully saturated rings. The summed E-state index contributed by atoms with van der Waals surface area (Å²) in [5, 5.41) is 0. The minimum Gasteiger partial charge on any atom is -0.478 e. The Bertz CT molecular complexity index is 342. The third-order valence-electron chi connectivity index (χ3n) is 2.24. The molecule has 0 saturated heterocycles. The quantitative estimate of drug-likeness (QED) is 0.581. The zero-order valence-corrected chi connectivity index (χ0v) is 10.6. The van der Waals surface area contributed by atoms with Crippen molar-refractivity contribution in [2.75, 3.05) is 26.1 Å². The largest absolute Gasteiger partial charge is 0.478 e. The molecule has 0 unspecified atom stereocenters. The van der Waals surface area contributed by atoms with Gasteiger partial charge in [-0.2, -0.15) is 0 Å². The predicted octanol–water partition coefficient (Wildman–Crippen LogP) is 1.83. The second-order valence-corrected chi connectivity index (χ2v) is 4.08. The summed E-state index contributed by atoms with van der Waals surface area (Å²) < 4.78 is 16.0. The molecule has 5 heteroatoms. The van der Waals surface area contributed by atoms with Gasteiger partial charge in [0.05, 0.1) is 13.2 Å². The standard InChI is InChI=1S/C12H20N2O3/c1-12(2,15-3)17-8-4-7-16-11-9-10(13)5-6-14-11/h5-6,9H,4,7-8H2,1-3H3,(H2,13,14). The number of aromatic nitrogens is 1. The van der Waals surface area contributed by atoms with Crippen molar-refractivity contribution in [1.82, 2.24) is 4.98 Å². The molecule has 0 aliphatic heterocycles. The first-order valence-corrected chi connectivity index (χ1v) is 5.57. The van der Waals surface area contributed by atoms with Gasteiger partial charge in [-0.15, -0.1) is 0 Å². The molecule has 0 aromatic carbocycles. The summed E-state index contributed by atoms with van der Waals surface area (Å²) in [5.74, 6) is -0.00824. The van der Waals surface area contributed by atoms with Gasteiger partial charge >= 0.3 is 0 Å². The molecule has 0 spiro atoms. The van der Waals surface area contributed by atoms with E-state index in [2.05, 4.69) is 4.98 Å². The Morgan fingerprint density at radius 2 is 2.12 bits per heavy atom. The fourth-order valence-electron chi connectivity index (χ4n) is 1.12. The molecular weight excluding hydrogens is 220 g/mol. The first-order valence-electron chi connectivity index (χ1n) is 5.57. The SMILES string of the molecule is COC(C)(C)OCCCOc1cc(N)ccn1. The normalized spacial score (nSPS) is 11.5. The van der Waals surface area contributed by atoms with Gasteiger partial charge in [0.2, 0.25) is 5.88 Å². The van der Waals surface area contributed by atoms with Crippen molar-refractivity contribution >= 4 is 5.69 Å². The Hall–Kier alpha value is -1.33. The van der Waals surface area contributed by atoms with E-state index in [0.717, 1.165) is 6.42 Å². The molecule has 5 nitrogen and oxygen atoms in total. The van der Waals surface area contributed by atoms with Crippen LogP contribution in [-0.2, 0) is 9.47 Å². The molecular formula is C12H20N2O3. The van der Waals surface area contributed by atoms with Crippen molar-refractivity contribution in [2.45, 2.75) is 26.1 Å². The van der Waals surface area contributed by atoms with E-state index >= 15 is 0 Å². The summed E-state index contributed by atoms with van der Waals surface area (Å²) in [6.45, 7) is 4.85. The molecule has 1 aromatic heterocycles. The summed E-state index contributed by atoms with van der Waals surface area (Å²) in [7, 11) is 1.62. The lowest BCUT2D eigenvalue weighted by Gasteiger charge is -2.23. The molecule has 0 amide bonds. The second-order valence-electron chi connectivity index (χ2n) is 4.08. The summed E-state index contributed by atoms with van der Waals surface area (Å²) in [4.78, 5) is 4.03. The first-order chi connectivity index (χ1) is 8.03. The van der Waals surface area contributed by atoms with Crippen molar-refractivity contribution in [3.8, 4) is 5.88 Å². The maximum Gasteiger partial charge on any atom is 0.215 e. The van der Waals surface area contributed by atoms with Crippen LogP contribution in [0.5, 0.6) is 5.88 Å². The topological polar surface area (TPSA) is 66.6 Å². The Morgan fingerprint density at radius 3 is 2.76 bits per heavy atom. The summed E-state index contributed by atoms with van der Waals surface area (Å²) in [5.41, 5.74) is 6.25. The fourth-order valence-corrected chi connectivity index (χ4v) is 1.12. The number of nitrogens with two attached hydrogens (primary N) is 1. The second kappa shape index (κ2) is 6.42. The molecule has 0 aliphatic rings. The summed E-state index contributed by atoms with van der Waals surface area (Å²) in [6.07, 6.45) is 2.39. The highest BCUT2D eigenvalue weighted by molar-refractivity contribution is 5.39. The van der Waals surface area contributed by atoms with Gasteiger partial charge in [0.1, 0.15) is 0 Å². The molecule has 1 rings (SSSR count). The highest BCUT2D eigenvalue weighted by Gasteiger charge is 2.15. The fraction of sp³-hybridized carbons (Fsp3) is 0.583. The summed E-state index contributed by atoms with van der Waals surface area (Å²) >= 11 is 0. The molecule has 0 atom stereocenters. The van der Waals surface area contributed by atoms with E-state index in [4.69, 9.17) is 19.9 Å². The number of hydrogen-bond donors (Lipinski definition) is 1. The lowest BCUT2D eigenvalue weighted by atomic mass is 10.4. The maximum absolute atomic E-state index is 5.60. The van der Waals surface area contributed by atoms with E-state index in [1.165, 1.54) is 0 Å². The third kappa shape index (κ3) is 5.51. The molecule has 0 aliphatic carbocycles. The highest BCUT2D eigenvalue weighted by atomic mass is 16.7. The number of methoxy groups -OCH3 is 1. The van der Waals surface area contributed by atoms with Gasteiger partial charge < -0.3 is 19.9 Å². The van der Waals surface area contributed by atoms with Gasteiger partial charge in [0.15, 0.2) is 5.79 Å². The van der Waals surface area contributed by atoms with Crippen LogP contribution in [0.1, 0.15) is 20.3 Å². The van der Waals surface area contributed by atoms with Crippen molar-refractivity contribution in [3.05, 3.63) is 18.3 Å². The number of pyridine rings is 1. The number of nitrogen functional groups attached to an aromatic ring is 1. The van der Waals surface area contributed by atoms with Crippen LogP contribution in [0, 0.1) is 0 Å². The van der Waals surface area contributed by atoms with Gasteiger partial charge in [-0.25, -0.2) is 4.98 Å². The summed E-state index contributed by atoms with van der Waals surface area (Å²) in [6, 6.07) is 3.41. The molecule has 96 valence electrons. The van der Waals surface area contributed by atoms with E-state index in [1.54, 1.807) is 25.4 Å². The van der Waals surface area contributed by atoms with E-state index in [0.29, 0.717) is 24.8 Å². The van der Waals surface area contributed by atoms with E-state index in [9.17, 15) is 0 Å².